The van der Waals surface area contributed by atoms with E-state index in [4.69, 9.17) is 0 Å². The molecule has 1 aliphatic carbocycles. The average Bonchev–Trinajstić information content (AvgIpc) is 2.44. The molecule has 3 unspecified atom stereocenters. The highest BCUT2D eigenvalue weighted by Gasteiger charge is 2.26. The zero-order chi connectivity index (χ0) is 13.5. The summed E-state index contributed by atoms with van der Waals surface area (Å²) < 4.78 is 0. The highest BCUT2D eigenvalue weighted by atomic mass is 14.9. The highest BCUT2D eigenvalue weighted by Crippen LogP contribution is 2.31. The van der Waals surface area contributed by atoms with Gasteiger partial charge in [-0.15, -0.1) is 0 Å². The lowest BCUT2D eigenvalue weighted by Gasteiger charge is -2.34. The zero-order valence-corrected chi connectivity index (χ0v) is 12.4. The summed E-state index contributed by atoms with van der Waals surface area (Å²) >= 11 is 0. The predicted octanol–water partition coefficient (Wildman–Crippen LogP) is 3.82. The molecule has 1 aliphatic rings. The van der Waals surface area contributed by atoms with E-state index in [9.17, 15) is 0 Å². The Morgan fingerprint density at radius 1 is 1.32 bits per heavy atom. The van der Waals surface area contributed by atoms with E-state index in [1.54, 1.807) is 0 Å². The fourth-order valence-electron chi connectivity index (χ4n) is 3.35. The van der Waals surface area contributed by atoms with Gasteiger partial charge in [-0.1, -0.05) is 26.7 Å². The van der Waals surface area contributed by atoms with E-state index >= 15 is 0 Å². The third-order valence-electron chi connectivity index (χ3n) is 4.41. The fraction of sp³-hybridized carbons (Fsp3) is 0.706. The van der Waals surface area contributed by atoms with Crippen LogP contribution < -0.4 is 5.32 Å². The van der Waals surface area contributed by atoms with Gasteiger partial charge in [0.25, 0.3) is 0 Å². The molecule has 0 aromatic carbocycles. The molecule has 0 radical (unpaired) electrons. The van der Waals surface area contributed by atoms with E-state index in [-0.39, 0.29) is 0 Å². The van der Waals surface area contributed by atoms with Crippen molar-refractivity contribution in [1.29, 1.82) is 0 Å². The Labute approximate surface area is 118 Å². The first-order chi connectivity index (χ1) is 9.29. The monoisotopic (exact) mass is 260 g/mol. The summed E-state index contributed by atoms with van der Waals surface area (Å²) in [6.45, 7) is 5.80. The van der Waals surface area contributed by atoms with Crippen molar-refractivity contribution in [3.63, 3.8) is 0 Å². The predicted molar refractivity (Wildman–Crippen MR) is 81.1 cm³/mol. The van der Waals surface area contributed by atoms with Gasteiger partial charge in [0.05, 0.1) is 0 Å². The molecule has 0 spiro atoms. The lowest BCUT2D eigenvalue weighted by Crippen LogP contribution is -2.40. The van der Waals surface area contributed by atoms with Crippen LogP contribution in [-0.2, 0) is 6.42 Å². The van der Waals surface area contributed by atoms with E-state index in [2.05, 4.69) is 36.3 Å². The van der Waals surface area contributed by atoms with Gasteiger partial charge in [-0.05, 0) is 61.8 Å². The van der Waals surface area contributed by atoms with Crippen LogP contribution in [0.3, 0.4) is 0 Å². The van der Waals surface area contributed by atoms with Crippen molar-refractivity contribution in [3.05, 3.63) is 30.1 Å². The van der Waals surface area contributed by atoms with Crippen LogP contribution in [0.4, 0.5) is 0 Å². The number of nitrogens with zero attached hydrogens (tertiary/aromatic N) is 1. The first kappa shape index (κ1) is 14.5. The minimum Gasteiger partial charge on any atom is -0.313 e. The van der Waals surface area contributed by atoms with Gasteiger partial charge in [0.1, 0.15) is 0 Å². The summed E-state index contributed by atoms with van der Waals surface area (Å²) in [6.07, 6.45) is 11.8. The maximum absolute atomic E-state index is 4.12. The number of hydrogen-bond acceptors (Lipinski definition) is 2. The highest BCUT2D eigenvalue weighted by molar-refractivity contribution is 5.12. The molecular formula is C17H28N2. The number of rotatable bonds is 6. The van der Waals surface area contributed by atoms with Crippen molar-refractivity contribution in [3.8, 4) is 0 Å². The molecule has 1 aromatic heterocycles. The van der Waals surface area contributed by atoms with Gasteiger partial charge < -0.3 is 5.32 Å². The van der Waals surface area contributed by atoms with Crippen LogP contribution in [0.1, 0.15) is 51.5 Å². The first-order valence-electron chi connectivity index (χ1n) is 7.92. The molecule has 0 amide bonds. The Hall–Kier alpha value is -0.890. The van der Waals surface area contributed by atoms with Crippen LogP contribution in [-0.4, -0.2) is 17.6 Å². The Morgan fingerprint density at radius 2 is 2.11 bits per heavy atom. The van der Waals surface area contributed by atoms with Crippen molar-refractivity contribution >= 4 is 0 Å². The minimum atomic E-state index is 0.644. The first-order valence-corrected chi connectivity index (χ1v) is 7.92. The molecule has 0 aliphatic heterocycles. The molecule has 1 N–H and O–H groups in total. The lowest BCUT2D eigenvalue weighted by molar-refractivity contribution is 0.221. The van der Waals surface area contributed by atoms with Crippen LogP contribution in [0.15, 0.2) is 24.5 Å². The molecule has 1 saturated carbocycles. The van der Waals surface area contributed by atoms with Crippen LogP contribution in [0, 0.1) is 11.8 Å². The normalized spacial score (nSPS) is 25.2. The van der Waals surface area contributed by atoms with Crippen LogP contribution in [0.5, 0.6) is 0 Å². The molecule has 0 bridgehead atoms. The minimum absolute atomic E-state index is 0.644. The number of pyridine rings is 1. The van der Waals surface area contributed by atoms with Crippen LogP contribution in [0.25, 0.3) is 0 Å². The lowest BCUT2D eigenvalue weighted by atomic mass is 9.77. The molecular weight excluding hydrogens is 232 g/mol. The fourth-order valence-corrected chi connectivity index (χ4v) is 3.35. The van der Waals surface area contributed by atoms with Crippen molar-refractivity contribution in [2.45, 2.75) is 58.4 Å². The SMILES string of the molecule is CCCNC(Cc1ccncc1)C1CCCC(C)C1. The Balaban J connectivity index is 1.98. The smallest absolute Gasteiger partial charge is 0.0270 e. The van der Waals surface area contributed by atoms with Gasteiger partial charge in [0.2, 0.25) is 0 Å². The third kappa shape index (κ3) is 4.61. The summed E-state index contributed by atoms with van der Waals surface area (Å²) in [6, 6.07) is 4.96. The second kappa shape index (κ2) is 7.64. The van der Waals surface area contributed by atoms with Crippen LogP contribution in [0.2, 0.25) is 0 Å². The summed E-state index contributed by atoms with van der Waals surface area (Å²) in [5.74, 6) is 1.76. The largest absolute Gasteiger partial charge is 0.313 e. The second-order valence-electron chi connectivity index (χ2n) is 6.15. The summed E-state index contributed by atoms with van der Waals surface area (Å²) in [7, 11) is 0. The zero-order valence-electron chi connectivity index (χ0n) is 12.4. The van der Waals surface area contributed by atoms with Gasteiger partial charge in [-0.2, -0.15) is 0 Å². The van der Waals surface area contributed by atoms with Crippen molar-refractivity contribution in [2.24, 2.45) is 11.8 Å². The molecule has 106 valence electrons. The van der Waals surface area contributed by atoms with Gasteiger partial charge >= 0.3 is 0 Å². The quantitative estimate of drug-likeness (QED) is 0.841. The van der Waals surface area contributed by atoms with Crippen molar-refractivity contribution in [1.82, 2.24) is 10.3 Å². The standard InChI is InChI=1S/C17H28N2/c1-3-9-19-17(13-15-7-10-18-11-8-15)16-6-4-5-14(2)12-16/h7-8,10-11,14,16-17,19H,3-6,9,12-13H2,1-2H3. The molecule has 1 fully saturated rings. The molecule has 2 rings (SSSR count). The number of hydrogen-bond donors (Lipinski definition) is 1. The van der Waals surface area contributed by atoms with E-state index in [0.717, 1.165) is 24.8 Å². The molecule has 0 saturated heterocycles. The summed E-state index contributed by atoms with van der Waals surface area (Å²) in [5.41, 5.74) is 1.42. The summed E-state index contributed by atoms with van der Waals surface area (Å²) in [4.78, 5) is 4.12. The molecule has 1 heterocycles. The van der Waals surface area contributed by atoms with Gasteiger partial charge in [0, 0.05) is 18.4 Å². The maximum Gasteiger partial charge on any atom is 0.0270 e. The van der Waals surface area contributed by atoms with Crippen LogP contribution >= 0.6 is 0 Å². The molecule has 3 atom stereocenters. The number of nitrogens with one attached hydrogen (secondary N) is 1. The average molecular weight is 260 g/mol. The van der Waals surface area contributed by atoms with E-state index in [1.807, 2.05) is 12.4 Å². The second-order valence-corrected chi connectivity index (χ2v) is 6.15. The van der Waals surface area contributed by atoms with Gasteiger partial charge in [-0.3, -0.25) is 4.98 Å². The third-order valence-corrected chi connectivity index (χ3v) is 4.41. The van der Waals surface area contributed by atoms with E-state index in [0.29, 0.717) is 6.04 Å². The Morgan fingerprint density at radius 3 is 2.79 bits per heavy atom. The van der Waals surface area contributed by atoms with E-state index in [1.165, 1.54) is 37.7 Å². The Bertz CT molecular complexity index is 350. The molecule has 2 heteroatoms. The van der Waals surface area contributed by atoms with E-state index < -0.39 is 0 Å². The Kier molecular flexibility index (Phi) is 5.84. The molecule has 2 nitrogen and oxygen atoms in total. The van der Waals surface area contributed by atoms with Gasteiger partial charge in [-0.25, -0.2) is 0 Å². The molecule has 1 aromatic rings. The van der Waals surface area contributed by atoms with Gasteiger partial charge in [0.15, 0.2) is 0 Å². The van der Waals surface area contributed by atoms with Crippen molar-refractivity contribution in [2.75, 3.05) is 6.54 Å². The number of aromatic nitrogens is 1. The van der Waals surface area contributed by atoms with Crippen molar-refractivity contribution < 1.29 is 0 Å². The maximum atomic E-state index is 4.12. The summed E-state index contributed by atoms with van der Waals surface area (Å²) in [5, 5.41) is 3.79. The molecule has 19 heavy (non-hydrogen) atoms. The topological polar surface area (TPSA) is 24.9 Å².